The molecule has 0 aliphatic rings. The second-order valence-corrected chi connectivity index (χ2v) is 6.17. The van der Waals surface area contributed by atoms with Crippen LogP contribution in [-0.4, -0.2) is 29.7 Å². The SMILES string of the molecule is C=CCn1c(Sc2ncc([N+](=O)[O-])cn2)nnc1-c1ccc(Cl)cc1. The molecule has 0 atom stereocenters. The third-order valence-corrected chi connectivity index (χ3v) is 4.27. The molecular formula is C15H11ClN6O2S. The molecule has 1 aromatic carbocycles. The van der Waals surface area contributed by atoms with Crippen LogP contribution in [0.5, 0.6) is 0 Å². The Bertz CT molecular complexity index is 911. The molecule has 0 saturated carbocycles. The number of allylic oxidation sites excluding steroid dienone is 1. The third kappa shape index (κ3) is 3.83. The first kappa shape index (κ1) is 17.1. The van der Waals surface area contributed by atoms with Gasteiger partial charge in [-0.25, -0.2) is 9.97 Å². The van der Waals surface area contributed by atoms with E-state index in [0.29, 0.717) is 27.7 Å². The van der Waals surface area contributed by atoms with E-state index in [9.17, 15) is 10.1 Å². The Balaban J connectivity index is 1.92. The average molecular weight is 375 g/mol. The zero-order valence-corrected chi connectivity index (χ0v) is 14.3. The number of aromatic nitrogens is 5. The van der Waals surface area contributed by atoms with Gasteiger partial charge in [-0.2, -0.15) is 0 Å². The van der Waals surface area contributed by atoms with E-state index in [2.05, 4.69) is 26.7 Å². The van der Waals surface area contributed by atoms with Crippen molar-refractivity contribution in [1.29, 1.82) is 0 Å². The quantitative estimate of drug-likeness (QED) is 0.281. The Labute approximate surface area is 151 Å². The van der Waals surface area contributed by atoms with Crippen molar-refractivity contribution in [3.05, 3.63) is 64.5 Å². The molecular weight excluding hydrogens is 364 g/mol. The number of hydrogen-bond acceptors (Lipinski definition) is 7. The minimum atomic E-state index is -0.548. The summed E-state index contributed by atoms with van der Waals surface area (Å²) in [5, 5.41) is 20.6. The van der Waals surface area contributed by atoms with E-state index in [4.69, 9.17) is 11.6 Å². The summed E-state index contributed by atoms with van der Waals surface area (Å²) in [6, 6.07) is 7.25. The predicted molar refractivity (Wildman–Crippen MR) is 93.5 cm³/mol. The van der Waals surface area contributed by atoms with Crippen LogP contribution in [0.1, 0.15) is 0 Å². The Hall–Kier alpha value is -2.78. The molecule has 25 heavy (non-hydrogen) atoms. The number of benzene rings is 1. The van der Waals surface area contributed by atoms with Gasteiger partial charge in [-0.3, -0.25) is 14.7 Å². The van der Waals surface area contributed by atoms with Gasteiger partial charge in [0.15, 0.2) is 16.1 Å². The molecule has 3 aromatic rings. The van der Waals surface area contributed by atoms with Crippen molar-refractivity contribution in [3.63, 3.8) is 0 Å². The van der Waals surface area contributed by atoms with Crippen molar-refractivity contribution in [2.45, 2.75) is 16.9 Å². The highest BCUT2D eigenvalue weighted by atomic mass is 35.5. The lowest BCUT2D eigenvalue weighted by Crippen LogP contribution is -2.01. The fourth-order valence-electron chi connectivity index (χ4n) is 2.01. The summed E-state index contributed by atoms with van der Waals surface area (Å²) in [5.41, 5.74) is 0.689. The van der Waals surface area contributed by atoms with Gasteiger partial charge in [-0.15, -0.1) is 16.8 Å². The van der Waals surface area contributed by atoms with Crippen LogP contribution in [0.3, 0.4) is 0 Å². The molecule has 0 bridgehead atoms. The Morgan fingerprint density at radius 1 is 1.24 bits per heavy atom. The number of hydrogen-bond donors (Lipinski definition) is 0. The molecule has 0 radical (unpaired) electrons. The molecule has 126 valence electrons. The van der Waals surface area contributed by atoms with E-state index >= 15 is 0 Å². The van der Waals surface area contributed by atoms with Gasteiger partial charge in [0.05, 0.1) is 4.92 Å². The maximum atomic E-state index is 10.7. The summed E-state index contributed by atoms with van der Waals surface area (Å²) in [5.74, 6) is 0.654. The van der Waals surface area contributed by atoms with Crippen molar-refractivity contribution in [2.75, 3.05) is 0 Å². The molecule has 0 fully saturated rings. The largest absolute Gasteiger partial charge is 0.305 e. The van der Waals surface area contributed by atoms with Gasteiger partial charge >= 0.3 is 5.69 Å². The van der Waals surface area contributed by atoms with Gasteiger partial charge in [-0.1, -0.05) is 17.7 Å². The standard InChI is InChI=1S/C15H11ClN6O2S/c1-2-7-21-13(10-3-5-11(16)6-4-10)19-20-15(21)25-14-17-8-12(9-18-14)22(23)24/h2-6,8-9H,1,7H2. The summed E-state index contributed by atoms with van der Waals surface area (Å²) in [7, 11) is 0. The Kier molecular flexibility index (Phi) is 5.05. The third-order valence-electron chi connectivity index (χ3n) is 3.14. The lowest BCUT2D eigenvalue weighted by atomic mass is 10.2. The number of nitro groups is 1. The fraction of sp³-hybridized carbons (Fsp3) is 0.0667. The number of halogens is 1. The van der Waals surface area contributed by atoms with E-state index in [-0.39, 0.29) is 5.69 Å². The van der Waals surface area contributed by atoms with Crippen LogP contribution < -0.4 is 0 Å². The highest BCUT2D eigenvalue weighted by Crippen LogP contribution is 2.28. The van der Waals surface area contributed by atoms with E-state index < -0.39 is 4.92 Å². The van der Waals surface area contributed by atoms with Gasteiger partial charge in [0.1, 0.15) is 12.4 Å². The lowest BCUT2D eigenvalue weighted by molar-refractivity contribution is -0.385. The zero-order valence-electron chi connectivity index (χ0n) is 12.7. The summed E-state index contributed by atoms with van der Waals surface area (Å²) in [6.45, 7) is 4.24. The monoisotopic (exact) mass is 374 g/mol. The first-order valence-electron chi connectivity index (χ1n) is 7.03. The van der Waals surface area contributed by atoms with E-state index in [1.54, 1.807) is 18.2 Å². The normalized spacial score (nSPS) is 10.6. The summed E-state index contributed by atoms with van der Waals surface area (Å²) >= 11 is 7.08. The Morgan fingerprint density at radius 3 is 2.52 bits per heavy atom. The fourth-order valence-corrected chi connectivity index (χ4v) is 2.86. The maximum absolute atomic E-state index is 10.7. The van der Waals surface area contributed by atoms with Crippen LogP contribution in [0.4, 0.5) is 5.69 Å². The van der Waals surface area contributed by atoms with Crippen LogP contribution in [0.25, 0.3) is 11.4 Å². The van der Waals surface area contributed by atoms with Crippen molar-refractivity contribution in [3.8, 4) is 11.4 Å². The molecule has 3 rings (SSSR count). The molecule has 0 saturated heterocycles. The lowest BCUT2D eigenvalue weighted by Gasteiger charge is -2.07. The van der Waals surface area contributed by atoms with Gasteiger partial charge in [0.25, 0.3) is 0 Å². The molecule has 8 nitrogen and oxygen atoms in total. The highest BCUT2D eigenvalue weighted by molar-refractivity contribution is 7.99. The molecule has 0 N–H and O–H groups in total. The van der Waals surface area contributed by atoms with Crippen LogP contribution in [-0.2, 0) is 6.54 Å². The predicted octanol–water partition coefficient (Wildman–Crippen LogP) is 3.63. The summed E-state index contributed by atoms with van der Waals surface area (Å²) in [6.07, 6.45) is 4.04. The minimum Gasteiger partial charge on any atom is -0.298 e. The highest BCUT2D eigenvalue weighted by Gasteiger charge is 2.16. The van der Waals surface area contributed by atoms with E-state index in [1.165, 1.54) is 0 Å². The van der Waals surface area contributed by atoms with Crippen LogP contribution >= 0.6 is 23.4 Å². The molecule has 2 aromatic heterocycles. The van der Waals surface area contributed by atoms with Crippen LogP contribution in [0, 0.1) is 10.1 Å². The van der Waals surface area contributed by atoms with Crippen molar-refractivity contribution >= 4 is 29.1 Å². The second-order valence-electron chi connectivity index (χ2n) is 4.80. The first-order chi connectivity index (χ1) is 12.1. The van der Waals surface area contributed by atoms with Crippen molar-refractivity contribution in [1.82, 2.24) is 24.7 Å². The molecule has 0 spiro atoms. The second kappa shape index (κ2) is 7.41. The topological polar surface area (TPSA) is 99.6 Å². The average Bonchev–Trinajstić information content (AvgIpc) is 2.99. The smallest absolute Gasteiger partial charge is 0.298 e. The summed E-state index contributed by atoms with van der Waals surface area (Å²) < 4.78 is 1.85. The Morgan fingerprint density at radius 2 is 1.92 bits per heavy atom. The molecule has 0 unspecified atom stereocenters. The van der Waals surface area contributed by atoms with Gasteiger partial charge in [0.2, 0.25) is 0 Å². The van der Waals surface area contributed by atoms with Crippen molar-refractivity contribution < 1.29 is 4.92 Å². The van der Waals surface area contributed by atoms with Gasteiger partial charge in [-0.05, 0) is 36.0 Å². The van der Waals surface area contributed by atoms with Crippen LogP contribution in [0.15, 0.2) is 59.6 Å². The molecule has 0 amide bonds. The van der Waals surface area contributed by atoms with Gasteiger partial charge < -0.3 is 0 Å². The zero-order chi connectivity index (χ0) is 17.8. The molecule has 10 heteroatoms. The minimum absolute atomic E-state index is 0.168. The molecule has 2 heterocycles. The van der Waals surface area contributed by atoms with E-state index in [0.717, 1.165) is 29.7 Å². The summed E-state index contributed by atoms with van der Waals surface area (Å²) in [4.78, 5) is 18.1. The van der Waals surface area contributed by atoms with E-state index in [1.807, 2.05) is 16.7 Å². The van der Waals surface area contributed by atoms with Crippen molar-refractivity contribution in [2.24, 2.45) is 0 Å². The molecule has 0 aliphatic heterocycles. The first-order valence-corrected chi connectivity index (χ1v) is 8.22. The molecule has 0 aliphatic carbocycles. The maximum Gasteiger partial charge on any atom is 0.305 e. The van der Waals surface area contributed by atoms with Crippen LogP contribution in [0.2, 0.25) is 5.02 Å². The number of rotatable bonds is 6. The van der Waals surface area contributed by atoms with Gasteiger partial charge in [0, 0.05) is 17.1 Å². The number of nitrogens with zero attached hydrogens (tertiary/aromatic N) is 6.